The number of nitrogens with one attached hydrogen (secondary N) is 1. The Morgan fingerprint density at radius 1 is 0.968 bits per heavy atom. The highest BCUT2D eigenvalue weighted by Crippen LogP contribution is 2.35. The van der Waals surface area contributed by atoms with Gasteiger partial charge in [0.15, 0.2) is 23.0 Å². The van der Waals surface area contributed by atoms with Gasteiger partial charge in [0.1, 0.15) is 13.2 Å². The summed E-state index contributed by atoms with van der Waals surface area (Å²) in [7, 11) is 3.19. The Bertz CT molecular complexity index is 1030. The molecular weight excluding hydrogens is 398 g/mol. The van der Waals surface area contributed by atoms with E-state index in [2.05, 4.69) is 35.4 Å². The topological polar surface area (TPSA) is 87.9 Å². The molecule has 0 aliphatic carbocycles. The van der Waals surface area contributed by atoms with Crippen molar-refractivity contribution >= 4 is 0 Å². The van der Waals surface area contributed by atoms with Crippen molar-refractivity contribution < 1.29 is 23.5 Å². The van der Waals surface area contributed by atoms with E-state index in [-0.39, 0.29) is 6.04 Å². The monoisotopic (exact) mass is 425 g/mol. The van der Waals surface area contributed by atoms with Crippen LogP contribution >= 0.6 is 0 Å². The van der Waals surface area contributed by atoms with Crippen molar-refractivity contribution in [3.63, 3.8) is 0 Å². The molecule has 0 saturated carbocycles. The third-order valence-corrected chi connectivity index (χ3v) is 5.18. The number of hydrogen-bond acceptors (Lipinski definition) is 8. The lowest BCUT2D eigenvalue weighted by Crippen LogP contribution is -2.26. The second kappa shape index (κ2) is 9.26. The van der Waals surface area contributed by atoms with Crippen molar-refractivity contribution in [2.75, 3.05) is 27.4 Å². The summed E-state index contributed by atoms with van der Waals surface area (Å²) >= 11 is 0. The zero-order valence-corrected chi connectivity index (χ0v) is 18.2. The number of benzene rings is 2. The number of ether oxygens (including phenoxy) is 4. The predicted octanol–water partition coefficient (Wildman–Crippen LogP) is 4.01. The Hall–Kier alpha value is -3.26. The Labute approximate surface area is 181 Å². The summed E-state index contributed by atoms with van der Waals surface area (Å²) in [6, 6.07) is 11.7. The van der Waals surface area contributed by atoms with Gasteiger partial charge in [-0.05, 0) is 41.8 Å². The van der Waals surface area contributed by atoms with Gasteiger partial charge in [-0.1, -0.05) is 25.1 Å². The van der Waals surface area contributed by atoms with Gasteiger partial charge in [-0.2, -0.15) is 4.98 Å². The van der Waals surface area contributed by atoms with Gasteiger partial charge in [-0.3, -0.25) is 0 Å². The molecule has 1 atom stereocenters. The first-order valence-electron chi connectivity index (χ1n) is 10.3. The van der Waals surface area contributed by atoms with E-state index in [1.807, 2.05) is 30.3 Å². The molecule has 1 N–H and O–H groups in total. The molecule has 0 bridgehead atoms. The molecule has 1 unspecified atom stereocenters. The molecule has 0 fully saturated rings. The van der Waals surface area contributed by atoms with E-state index in [0.29, 0.717) is 48.9 Å². The van der Waals surface area contributed by atoms with Crippen LogP contribution in [0.15, 0.2) is 40.9 Å². The molecule has 2 aromatic carbocycles. The van der Waals surface area contributed by atoms with Crippen molar-refractivity contribution in [1.29, 1.82) is 0 Å². The van der Waals surface area contributed by atoms with Gasteiger partial charge < -0.3 is 28.8 Å². The van der Waals surface area contributed by atoms with Gasteiger partial charge in [-0.25, -0.2) is 0 Å². The standard InChI is InChI=1S/C23H27N3O5/c1-14(2)22(15-5-8-18-20(11-15)30-10-9-29-18)24-13-21-25-23(26-31-21)16-6-7-17(27-3)19(12-16)28-4/h5-8,11-12,14,22,24H,9-10,13H2,1-4H3. The Morgan fingerprint density at radius 2 is 1.74 bits per heavy atom. The highest BCUT2D eigenvalue weighted by atomic mass is 16.6. The van der Waals surface area contributed by atoms with E-state index >= 15 is 0 Å². The first-order valence-corrected chi connectivity index (χ1v) is 10.3. The fourth-order valence-electron chi connectivity index (χ4n) is 3.61. The van der Waals surface area contributed by atoms with Gasteiger partial charge in [0.25, 0.3) is 0 Å². The van der Waals surface area contributed by atoms with Gasteiger partial charge in [-0.15, -0.1) is 0 Å². The zero-order valence-electron chi connectivity index (χ0n) is 18.2. The summed E-state index contributed by atoms with van der Waals surface area (Å²) in [5.41, 5.74) is 1.92. The van der Waals surface area contributed by atoms with Crippen molar-refractivity contribution in [1.82, 2.24) is 15.5 Å². The van der Waals surface area contributed by atoms with E-state index in [1.165, 1.54) is 0 Å². The summed E-state index contributed by atoms with van der Waals surface area (Å²) in [6.07, 6.45) is 0. The lowest BCUT2D eigenvalue weighted by atomic mass is 9.95. The molecule has 1 aliphatic heterocycles. The second-order valence-electron chi connectivity index (χ2n) is 7.59. The number of rotatable bonds is 8. The predicted molar refractivity (Wildman–Crippen MR) is 115 cm³/mol. The third-order valence-electron chi connectivity index (χ3n) is 5.18. The number of nitrogens with zero attached hydrogens (tertiary/aromatic N) is 2. The van der Waals surface area contributed by atoms with Gasteiger partial charge >= 0.3 is 0 Å². The van der Waals surface area contributed by atoms with E-state index in [9.17, 15) is 0 Å². The molecule has 1 aliphatic rings. The van der Waals surface area contributed by atoms with Crippen LogP contribution in [-0.4, -0.2) is 37.6 Å². The molecule has 0 radical (unpaired) electrons. The molecule has 0 saturated heterocycles. The van der Waals surface area contributed by atoms with Crippen LogP contribution in [0.25, 0.3) is 11.4 Å². The summed E-state index contributed by atoms with van der Waals surface area (Å²) < 4.78 is 27.5. The van der Waals surface area contributed by atoms with Crippen LogP contribution in [-0.2, 0) is 6.54 Å². The van der Waals surface area contributed by atoms with E-state index in [4.69, 9.17) is 23.5 Å². The third kappa shape index (κ3) is 4.59. The minimum atomic E-state index is 0.0901. The minimum absolute atomic E-state index is 0.0901. The van der Waals surface area contributed by atoms with Gasteiger partial charge in [0, 0.05) is 11.6 Å². The van der Waals surface area contributed by atoms with Crippen LogP contribution in [0.2, 0.25) is 0 Å². The second-order valence-corrected chi connectivity index (χ2v) is 7.59. The average Bonchev–Trinajstić information content (AvgIpc) is 3.27. The average molecular weight is 425 g/mol. The van der Waals surface area contributed by atoms with Crippen molar-refractivity contribution in [2.45, 2.75) is 26.4 Å². The normalized spacial score (nSPS) is 13.8. The Kier molecular flexibility index (Phi) is 6.27. The molecule has 31 heavy (non-hydrogen) atoms. The fraction of sp³-hybridized carbons (Fsp3) is 0.391. The number of fused-ring (bicyclic) bond motifs is 1. The Balaban J connectivity index is 1.48. The number of methoxy groups -OCH3 is 2. The van der Waals surface area contributed by atoms with Crippen LogP contribution in [0.3, 0.4) is 0 Å². The van der Waals surface area contributed by atoms with Gasteiger partial charge in [0.2, 0.25) is 11.7 Å². The summed E-state index contributed by atoms with van der Waals surface area (Å²) in [6.45, 7) is 5.92. The molecule has 4 rings (SSSR count). The number of hydrogen-bond donors (Lipinski definition) is 1. The SMILES string of the molecule is COc1ccc(-c2noc(CNC(c3ccc4c(c3)OCCO4)C(C)C)n2)cc1OC. The maximum atomic E-state index is 5.73. The van der Waals surface area contributed by atoms with Gasteiger partial charge in [0.05, 0.1) is 20.8 Å². The zero-order chi connectivity index (χ0) is 21.8. The summed E-state index contributed by atoms with van der Waals surface area (Å²) in [5, 5.41) is 7.64. The van der Waals surface area contributed by atoms with Crippen LogP contribution in [0.4, 0.5) is 0 Å². The van der Waals surface area contributed by atoms with Crippen LogP contribution < -0.4 is 24.3 Å². The molecule has 2 heterocycles. The van der Waals surface area contributed by atoms with Crippen molar-refractivity contribution in [3.8, 4) is 34.4 Å². The smallest absolute Gasteiger partial charge is 0.240 e. The lowest BCUT2D eigenvalue weighted by Gasteiger charge is -2.25. The molecule has 0 amide bonds. The highest BCUT2D eigenvalue weighted by molar-refractivity contribution is 5.60. The number of aromatic nitrogens is 2. The van der Waals surface area contributed by atoms with Crippen molar-refractivity contribution in [2.24, 2.45) is 5.92 Å². The minimum Gasteiger partial charge on any atom is -0.493 e. The fourth-order valence-corrected chi connectivity index (χ4v) is 3.61. The maximum absolute atomic E-state index is 5.73. The first-order chi connectivity index (χ1) is 15.1. The molecule has 164 valence electrons. The first kappa shape index (κ1) is 21.0. The van der Waals surface area contributed by atoms with E-state index in [0.717, 1.165) is 22.6 Å². The molecule has 8 nitrogen and oxygen atoms in total. The molecular formula is C23H27N3O5. The molecule has 1 aromatic heterocycles. The largest absolute Gasteiger partial charge is 0.493 e. The Morgan fingerprint density at radius 3 is 2.48 bits per heavy atom. The summed E-state index contributed by atoms with van der Waals surface area (Å²) in [5.74, 6) is 4.18. The van der Waals surface area contributed by atoms with Crippen molar-refractivity contribution in [3.05, 3.63) is 47.9 Å². The van der Waals surface area contributed by atoms with Crippen LogP contribution in [0.1, 0.15) is 31.3 Å². The molecule has 0 spiro atoms. The molecule has 3 aromatic rings. The maximum Gasteiger partial charge on any atom is 0.240 e. The lowest BCUT2D eigenvalue weighted by molar-refractivity contribution is 0.171. The highest BCUT2D eigenvalue weighted by Gasteiger charge is 2.21. The van der Waals surface area contributed by atoms with E-state index < -0.39 is 0 Å². The molecule has 8 heteroatoms. The van der Waals surface area contributed by atoms with Crippen LogP contribution in [0, 0.1) is 5.92 Å². The quantitative estimate of drug-likeness (QED) is 0.579. The van der Waals surface area contributed by atoms with E-state index in [1.54, 1.807) is 14.2 Å². The van der Waals surface area contributed by atoms with Crippen LogP contribution in [0.5, 0.6) is 23.0 Å². The summed E-state index contributed by atoms with van der Waals surface area (Å²) in [4.78, 5) is 4.53.